The lowest BCUT2D eigenvalue weighted by molar-refractivity contribution is -0.139. The summed E-state index contributed by atoms with van der Waals surface area (Å²) in [5.41, 5.74) is 1.19. The summed E-state index contributed by atoms with van der Waals surface area (Å²) in [5, 5.41) is 9.36. The fraction of sp³-hybridized carbons (Fsp3) is 0.417. The fourth-order valence-electron chi connectivity index (χ4n) is 2.08. The van der Waals surface area contributed by atoms with Gasteiger partial charge in [-0.05, 0) is 39.5 Å². The lowest BCUT2D eigenvalue weighted by atomic mass is 9.96. The number of hydrogen-bond donors (Lipinski definition) is 1. The Bertz CT molecular complexity index is 433. The minimum absolute atomic E-state index is 0.279. The number of carbonyl (C=O) groups is 1. The molecule has 92 valence electrons. The molecule has 3 nitrogen and oxygen atoms in total. The van der Waals surface area contributed by atoms with Gasteiger partial charge in [-0.15, -0.1) is 0 Å². The first kappa shape index (κ1) is 12.9. The quantitative estimate of drug-likeness (QED) is 0.928. The minimum atomic E-state index is -0.705. The van der Waals surface area contributed by atoms with Gasteiger partial charge in [0.2, 0.25) is 0 Å². The van der Waals surface area contributed by atoms with E-state index in [1.165, 1.54) is 5.56 Å². The van der Waals surface area contributed by atoms with E-state index in [-0.39, 0.29) is 6.42 Å². The van der Waals surface area contributed by atoms with E-state index in [2.05, 4.69) is 20.8 Å². The summed E-state index contributed by atoms with van der Waals surface area (Å²) in [7, 11) is 0. The van der Waals surface area contributed by atoms with Crippen LogP contribution in [0.25, 0.3) is 0 Å². The monoisotopic (exact) mass is 317 g/mol. The molecule has 0 unspecified atom stereocenters. The second-order valence-electron chi connectivity index (χ2n) is 4.41. The predicted molar refractivity (Wildman–Crippen MR) is 70.2 cm³/mol. The van der Waals surface area contributed by atoms with Gasteiger partial charge in [-0.2, -0.15) is 0 Å². The van der Waals surface area contributed by atoms with Crippen molar-refractivity contribution < 1.29 is 9.90 Å². The van der Waals surface area contributed by atoms with Crippen LogP contribution < -0.4 is 0 Å². The molecule has 0 atom stereocenters. The van der Waals surface area contributed by atoms with Crippen molar-refractivity contribution in [3.8, 4) is 0 Å². The lowest BCUT2D eigenvalue weighted by Crippen LogP contribution is -2.46. The molecular formula is C12H13BrClNO2. The van der Waals surface area contributed by atoms with Crippen molar-refractivity contribution in [1.82, 2.24) is 4.90 Å². The first-order valence-corrected chi connectivity index (χ1v) is 6.60. The average molecular weight is 319 g/mol. The maximum absolute atomic E-state index is 10.5. The van der Waals surface area contributed by atoms with Crippen LogP contribution in [0.1, 0.15) is 12.0 Å². The molecular weight excluding hydrogens is 305 g/mol. The summed E-state index contributed by atoms with van der Waals surface area (Å²) in [6, 6.07) is 5.87. The number of benzene rings is 1. The standard InChI is InChI=1S/C12H13BrClNO2/c13-10-3-8(1-2-11(10)14)5-15-6-9(7-15)4-12(16)17/h1-3,9H,4-7H2,(H,16,17). The Kier molecular flexibility index (Phi) is 4.07. The van der Waals surface area contributed by atoms with Gasteiger partial charge in [0.05, 0.1) is 11.4 Å². The third-order valence-electron chi connectivity index (χ3n) is 2.89. The fourth-order valence-corrected chi connectivity index (χ4v) is 2.62. The molecule has 0 radical (unpaired) electrons. The maximum atomic E-state index is 10.5. The summed E-state index contributed by atoms with van der Waals surface area (Å²) in [5.74, 6) is -0.396. The van der Waals surface area contributed by atoms with E-state index >= 15 is 0 Å². The number of halogens is 2. The molecule has 1 aromatic carbocycles. The highest BCUT2D eigenvalue weighted by Gasteiger charge is 2.28. The summed E-state index contributed by atoms with van der Waals surface area (Å²) in [6.07, 6.45) is 0.279. The highest BCUT2D eigenvalue weighted by molar-refractivity contribution is 9.10. The van der Waals surface area contributed by atoms with Crippen LogP contribution in [0, 0.1) is 5.92 Å². The molecule has 17 heavy (non-hydrogen) atoms. The van der Waals surface area contributed by atoms with E-state index in [0.717, 1.165) is 24.1 Å². The summed E-state index contributed by atoms with van der Waals surface area (Å²) >= 11 is 9.31. The van der Waals surface area contributed by atoms with Crippen LogP contribution in [0.5, 0.6) is 0 Å². The number of likely N-dealkylation sites (tertiary alicyclic amines) is 1. The number of carboxylic acid groups (broad SMARTS) is 1. The largest absolute Gasteiger partial charge is 0.481 e. The zero-order chi connectivity index (χ0) is 12.4. The zero-order valence-corrected chi connectivity index (χ0v) is 11.5. The van der Waals surface area contributed by atoms with Crippen molar-refractivity contribution >= 4 is 33.5 Å². The van der Waals surface area contributed by atoms with E-state index < -0.39 is 5.97 Å². The first-order valence-electron chi connectivity index (χ1n) is 5.42. The Hall–Kier alpha value is -0.580. The van der Waals surface area contributed by atoms with Crippen LogP contribution in [-0.2, 0) is 11.3 Å². The van der Waals surface area contributed by atoms with E-state index in [1.807, 2.05) is 18.2 Å². The molecule has 1 saturated heterocycles. The van der Waals surface area contributed by atoms with Gasteiger partial charge in [-0.1, -0.05) is 17.7 Å². The van der Waals surface area contributed by atoms with Crippen LogP contribution in [0.4, 0.5) is 0 Å². The first-order chi connectivity index (χ1) is 8.04. The zero-order valence-electron chi connectivity index (χ0n) is 9.20. The molecule has 1 fully saturated rings. The van der Waals surface area contributed by atoms with Crippen LogP contribution >= 0.6 is 27.5 Å². The molecule has 0 saturated carbocycles. The van der Waals surface area contributed by atoms with Crippen molar-refractivity contribution in [1.29, 1.82) is 0 Å². The van der Waals surface area contributed by atoms with Gasteiger partial charge in [-0.25, -0.2) is 0 Å². The van der Waals surface area contributed by atoms with Crippen LogP contribution in [-0.4, -0.2) is 29.1 Å². The van der Waals surface area contributed by atoms with E-state index in [1.54, 1.807) is 0 Å². The molecule has 0 spiro atoms. The SMILES string of the molecule is O=C(O)CC1CN(Cc2ccc(Cl)c(Br)c2)C1. The second-order valence-corrected chi connectivity index (χ2v) is 5.67. The number of carboxylic acids is 1. The Balaban J connectivity index is 1.83. The highest BCUT2D eigenvalue weighted by atomic mass is 79.9. The van der Waals surface area contributed by atoms with Crippen molar-refractivity contribution in [2.45, 2.75) is 13.0 Å². The Morgan fingerprint density at radius 2 is 2.24 bits per heavy atom. The summed E-state index contributed by atoms with van der Waals surface area (Å²) in [4.78, 5) is 12.7. The van der Waals surface area contributed by atoms with Gasteiger partial charge in [0.1, 0.15) is 0 Å². The number of hydrogen-bond acceptors (Lipinski definition) is 2. The van der Waals surface area contributed by atoms with Crippen LogP contribution in [0.3, 0.4) is 0 Å². The molecule has 0 aliphatic carbocycles. The normalized spacial score (nSPS) is 16.8. The van der Waals surface area contributed by atoms with Gasteiger partial charge in [-0.3, -0.25) is 9.69 Å². The van der Waals surface area contributed by atoms with Crippen molar-refractivity contribution in [3.63, 3.8) is 0 Å². The van der Waals surface area contributed by atoms with Gasteiger partial charge < -0.3 is 5.11 Å². The van der Waals surface area contributed by atoms with Crippen molar-refractivity contribution in [2.24, 2.45) is 5.92 Å². The topological polar surface area (TPSA) is 40.5 Å². The smallest absolute Gasteiger partial charge is 0.303 e. The minimum Gasteiger partial charge on any atom is -0.481 e. The van der Waals surface area contributed by atoms with Gasteiger partial charge in [0.25, 0.3) is 0 Å². The lowest BCUT2D eigenvalue weighted by Gasteiger charge is -2.38. The Morgan fingerprint density at radius 3 is 2.82 bits per heavy atom. The third kappa shape index (κ3) is 3.44. The van der Waals surface area contributed by atoms with E-state index in [0.29, 0.717) is 10.9 Å². The molecule has 1 aliphatic heterocycles. The maximum Gasteiger partial charge on any atom is 0.303 e. The van der Waals surface area contributed by atoms with E-state index in [4.69, 9.17) is 16.7 Å². The number of rotatable bonds is 4. The molecule has 1 aromatic rings. The predicted octanol–water partition coefficient (Wildman–Crippen LogP) is 3.01. The molecule has 5 heteroatoms. The van der Waals surface area contributed by atoms with Crippen molar-refractivity contribution in [3.05, 3.63) is 33.3 Å². The van der Waals surface area contributed by atoms with Crippen LogP contribution in [0.15, 0.2) is 22.7 Å². The summed E-state index contributed by atoms with van der Waals surface area (Å²) < 4.78 is 0.902. The molecule has 2 rings (SSSR count). The molecule has 0 bridgehead atoms. The Labute approximate surface area is 114 Å². The molecule has 1 heterocycles. The molecule has 1 aliphatic rings. The van der Waals surface area contributed by atoms with Gasteiger partial charge in [0, 0.05) is 24.1 Å². The van der Waals surface area contributed by atoms with Crippen LogP contribution in [0.2, 0.25) is 5.02 Å². The molecule has 0 amide bonds. The van der Waals surface area contributed by atoms with E-state index in [9.17, 15) is 4.79 Å². The van der Waals surface area contributed by atoms with Gasteiger partial charge in [0.15, 0.2) is 0 Å². The third-order valence-corrected chi connectivity index (χ3v) is 4.10. The molecule has 0 aromatic heterocycles. The molecule has 1 N–H and O–H groups in total. The second kappa shape index (κ2) is 5.38. The number of nitrogens with zero attached hydrogens (tertiary/aromatic N) is 1. The summed E-state index contributed by atoms with van der Waals surface area (Å²) in [6.45, 7) is 2.59. The number of aliphatic carboxylic acids is 1. The Morgan fingerprint density at radius 1 is 1.53 bits per heavy atom. The van der Waals surface area contributed by atoms with Crippen molar-refractivity contribution in [2.75, 3.05) is 13.1 Å². The highest BCUT2D eigenvalue weighted by Crippen LogP contribution is 2.26. The average Bonchev–Trinajstić information content (AvgIpc) is 2.19. The van der Waals surface area contributed by atoms with Gasteiger partial charge >= 0.3 is 5.97 Å².